The van der Waals surface area contributed by atoms with Gasteiger partial charge in [-0.25, -0.2) is 0 Å². The van der Waals surface area contributed by atoms with Gasteiger partial charge in [0.2, 0.25) is 17.5 Å². The van der Waals surface area contributed by atoms with Crippen LogP contribution in [0.3, 0.4) is 0 Å². The van der Waals surface area contributed by atoms with E-state index in [2.05, 4.69) is 17.2 Å². The summed E-state index contributed by atoms with van der Waals surface area (Å²) >= 11 is 0. The SMILES string of the molecule is C=CC(=O)NCCCNC1C(=O)C(=O)C1N. The number of amides is 1. The van der Waals surface area contributed by atoms with E-state index in [1.54, 1.807) is 0 Å². The highest BCUT2D eigenvalue weighted by molar-refractivity contribution is 6.48. The van der Waals surface area contributed by atoms with E-state index in [0.29, 0.717) is 19.5 Å². The predicted molar refractivity (Wildman–Crippen MR) is 57.6 cm³/mol. The summed E-state index contributed by atoms with van der Waals surface area (Å²) in [5.41, 5.74) is 5.43. The van der Waals surface area contributed by atoms with Gasteiger partial charge in [0.15, 0.2) is 0 Å². The van der Waals surface area contributed by atoms with Crippen molar-refractivity contribution in [3.05, 3.63) is 12.7 Å². The Morgan fingerprint density at radius 2 is 2.06 bits per heavy atom. The van der Waals surface area contributed by atoms with Crippen LogP contribution in [0.2, 0.25) is 0 Å². The molecule has 1 aliphatic carbocycles. The number of hydrogen-bond donors (Lipinski definition) is 3. The lowest BCUT2D eigenvalue weighted by Crippen LogP contribution is -2.68. The normalized spacial score (nSPS) is 23.8. The minimum atomic E-state index is -0.713. The van der Waals surface area contributed by atoms with Crippen molar-refractivity contribution >= 4 is 17.5 Å². The zero-order chi connectivity index (χ0) is 12.1. The largest absolute Gasteiger partial charge is 0.353 e. The van der Waals surface area contributed by atoms with E-state index < -0.39 is 23.7 Å². The van der Waals surface area contributed by atoms with Gasteiger partial charge in [-0.1, -0.05) is 6.58 Å². The molecule has 1 rings (SSSR count). The first kappa shape index (κ1) is 12.5. The second kappa shape index (κ2) is 5.53. The summed E-state index contributed by atoms with van der Waals surface area (Å²) in [5.74, 6) is -1.20. The standard InChI is InChI=1S/C10H15N3O3/c1-2-6(14)12-4-3-5-13-8-7(11)9(15)10(8)16/h2,7-8,13H,1,3-5,11H2,(H,12,14). The highest BCUT2D eigenvalue weighted by Gasteiger charge is 2.46. The number of carbonyl (C=O) groups excluding carboxylic acids is 3. The van der Waals surface area contributed by atoms with Crippen LogP contribution in [0.25, 0.3) is 0 Å². The van der Waals surface area contributed by atoms with Gasteiger partial charge in [0, 0.05) is 6.54 Å². The fraction of sp³-hybridized carbons (Fsp3) is 0.500. The predicted octanol–water partition coefficient (Wildman–Crippen LogP) is -1.88. The lowest BCUT2D eigenvalue weighted by Gasteiger charge is -2.30. The third kappa shape index (κ3) is 2.74. The van der Waals surface area contributed by atoms with Crippen LogP contribution in [-0.2, 0) is 14.4 Å². The summed E-state index contributed by atoms with van der Waals surface area (Å²) in [7, 11) is 0. The molecule has 0 saturated heterocycles. The highest BCUT2D eigenvalue weighted by atomic mass is 16.2. The molecule has 0 aromatic carbocycles. The molecule has 1 saturated carbocycles. The van der Waals surface area contributed by atoms with E-state index in [1.807, 2.05) is 0 Å². The molecular weight excluding hydrogens is 210 g/mol. The number of nitrogens with one attached hydrogen (secondary N) is 2. The van der Waals surface area contributed by atoms with Crippen molar-refractivity contribution in [2.45, 2.75) is 18.5 Å². The Bertz CT molecular complexity index is 327. The molecule has 88 valence electrons. The van der Waals surface area contributed by atoms with Crippen LogP contribution in [-0.4, -0.2) is 42.6 Å². The van der Waals surface area contributed by atoms with Crippen molar-refractivity contribution in [1.29, 1.82) is 0 Å². The van der Waals surface area contributed by atoms with Crippen LogP contribution in [0.5, 0.6) is 0 Å². The molecule has 0 radical (unpaired) electrons. The molecule has 6 nitrogen and oxygen atoms in total. The summed E-state index contributed by atoms with van der Waals surface area (Å²) in [6.45, 7) is 4.32. The minimum Gasteiger partial charge on any atom is -0.353 e. The lowest BCUT2D eigenvalue weighted by atomic mass is 9.84. The summed E-state index contributed by atoms with van der Waals surface area (Å²) in [6, 6.07) is -1.27. The first-order valence-corrected chi connectivity index (χ1v) is 5.05. The Balaban J connectivity index is 2.08. The van der Waals surface area contributed by atoms with Gasteiger partial charge >= 0.3 is 0 Å². The topological polar surface area (TPSA) is 101 Å². The number of Topliss-reactive ketones (excluding diaryl/α,β-unsaturated/α-hetero) is 2. The molecule has 16 heavy (non-hydrogen) atoms. The molecule has 2 atom stereocenters. The maximum absolute atomic E-state index is 11.0. The Morgan fingerprint density at radius 1 is 1.38 bits per heavy atom. The van der Waals surface area contributed by atoms with Crippen LogP contribution in [0.1, 0.15) is 6.42 Å². The van der Waals surface area contributed by atoms with Gasteiger partial charge in [-0.3, -0.25) is 14.4 Å². The summed E-state index contributed by atoms with van der Waals surface area (Å²) in [6.07, 6.45) is 1.85. The fourth-order valence-electron chi connectivity index (χ4n) is 1.39. The Hall–Kier alpha value is -1.53. The second-order valence-corrected chi connectivity index (χ2v) is 3.53. The third-order valence-corrected chi connectivity index (χ3v) is 2.39. The van der Waals surface area contributed by atoms with E-state index >= 15 is 0 Å². The Kier molecular flexibility index (Phi) is 4.33. The van der Waals surface area contributed by atoms with Crippen LogP contribution >= 0.6 is 0 Å². The smallest absolute Gasteiger partial charge is 0.243 e. The van der Waals surface area contributed by atoms with E-state index in [-0.39, 0.29) is 5.91 Å². The molecule has 1 aliphatic rings. The van der Waals surface area contributed by atoms with Gasteiger partial charge in [0.05, 0.1) is 12.1 Å². The molecule has 1 fully saturated rings. The van der Waals surface area contributed by atoms with Gasteiger partial charge in [-0.15, -0.1) is 0 Å². The molecular formula is C10H15N3O3. The van der Waals surface area contributed by atoms with E-state index in [0.717, 1.165) is 0 Å². The Labute approximate surface area is 93.3 Å². The molecule has 0 aromatic rings. The molecule has 6 heteroatoms. The van der Waals surface area contributed by atoms with Gasteiger partial charge in [0.25, 0.3) is 0 Å². The summed E-state index contributed by atoms with van der Waals surface area (Å²) in [5, 5.41) is 5.46. The van der Waals surface area contributed by atoms with Crippen molar-refractivity contribution in [2.75, 3.05) is 13.1 Å². The average molecular weight is 225 g/mol. The minimum absolute atomic E-state index is 0.230. The zero-order valence-corrected chi connectivity index (χ0v) is 8.86. The number of hydrogen-bond acceptors (Lipinski definition) is 5. The van der Waals surface area contributed by atoms with Gasteiger partial charge in [-0.05, 0) is 19.0 Å². The average Bonchev–Trinajstić information content (AvgIpc) is 2.31. The van der Waals surface area contributed by atoms with Gasteiger partial charge < -0.3 is 16.4 Å². The number of rotatable bonds is 6. The van der Waals surface area contributed by atoms with Crippen molar-refractivity contribution < 1.29 is 14.4 Å². The number of ketones is 2. The fourth-order valence-corrected chi connectivity index (χ4v) is 1.39. The van der Waals surface area contributed by atoms with Gasteiger partial charge in [0.1, 0.15) is 0 Å². The van der Waals surface area contributed by atoms with Crippen molar-refractivity contribution in [2.24, 2.45) is 5.73 Å². The summed E-state index contributed by atoms with van der Waals surface area (Å²) < 4.78 is 0. The molecule has 0 spiro atoms. The second-order valence-electron chi connectivity index (χ2n) is 3.53. The molecule has 0 heterocycles. The van der Waals surface area contributed by atoms with Crippen LogP contribution in [0.15, 0.2) is 12.7 Å². The van der Waals surface area contributed by atoms with Crippen molar-refractivity contribution in [1.82, 2.24) is 10.6 Å². The van der Waals surface area contributed by atoms with Crippen LogP contribution in [0, 0.1) is 0 Å². The highest BCUT2D eigenvalue weighted by Crippen LogP contribution is 2.08. The van der Waals surface area contributed by atoms with Crippen molar-refractivity contribution in [3.63, 3.8) is 0 Å². The first-order valence-electron chi connectivity index (χ1n) is 5.05. The molecule has 0 bridgehead atoms. The van der Waals surface area contributed by atoms with Crippen LogP contribution < -0.4 is 16.4 Å². The Morgan fingerprint density at radius 3 is 2.62 bits per heavy atom. The monoisotopic (exact) mass is 225 g/mol. The maximum atomic E-state index is 11.0. The molecule has 0 aromatic heterocycles. The first-order chi connectivity index (χ1) is 7.57. The number of carbonyl (C=O) groups is 3. The van der Waals surface area contributed by atoms with E-state index in [1.165, 1.54) is 6.08 Å². The zero-order valence-electron chi connectivity index (χ0n) is 8.86. The summed E-state index contributed by atoms with van der Waals surface area (Å²) in [4.78, 5) is 32.6. The van der Waals surface area contributed by atoms with Crippen LogP contribution in [0.4, 0.5) is 0 Å². The van der Waals surface area contributed by atoms with E-state index in [4.69, 9.17) is 5.73 Å². The molecule has 2 unspecified atom stereocenters. The lowest BCUT2D eigenvalue weighted by molar-refractivity contribution is -0.146. The molecule has 0 aliphatic heterocycles. The molecule has 1 amide bonds. The van der Waals surface area contributed by atoms with E-state index in [9.17, 15) is 14.4 Å². The quantitative estimate of drug-likeness (QED) is 0.279. The number of nitrogens with two attached hydrogens (primary N) is 1. The third-order valence-electron chi connectivity index (χ3n) is 2.39. The molecule has 4 N–H and O–H groups in total. The maximum Gasteiger partial charge on any atom is 0.243 e. The van der Waals surface area contributed by atoms with Crippen molar-refractivity contribution in [3.8, 4) is 0 Å². The van der Waals surface area contributed by atoms with Gasteiger partial charge in [-0.2, -0.15) is 0 Å².